The molecule has 1 unspecified atom stereocenters. The lowest BCUT2D eigenvalue weighted by molar-refractivity contribution is -0.133. The van der Waals surface area contributed by atoms with Gasteiger partial charge in [-0.1, -0.05) is 13.8 Å². The molecular weight excluding hydrogens is 358 g/mol. The number of nitrogens with one attached hydrogen (secondary N) is 1. The van der Waals surface area contributed by atoms with Crippen LogP contribution < -0.4 is 20.5 Å². The Kier molecular flexibility index (Phi) is 8.17. The fraction of sp³-hybridized carbons (Fsp3) is 0.556. The summed E-state index contributed by atoms with van der Waals surface area (Å²) in [5.74, 6) is 0.560. The van der Waals surface area contributed by atoms with E-state index >= 15 is 0 Å². The standard InChI is InChI=1S/C18H27N3O4.ClH/c1-11(2)16(18(23)21-6-5-13(19)10-21)20-17(22)12-7-14(24-3)9-15(8-12)25-4;/h7-9,11,13,16H,5-6,10,19H2,1-4H3,(H,20,22);1H/t13-,16?;/m1./s1. The maximum atomic E-state index is 12.8. The van der Waals surface area contributed by atoms with E-state index in [1.807, 2.05) is 13.8 Å². The highest BCUT2D eigenvalue weighted by Crippen LogP contribution is 2.23. The highest BCUT2D eigenvalue weighted by molar-refractivity contribution is 5.98. The van der Waals surface area contributed by atoms with Gasteiger partial charge in [0.1, 0.15) is 17.5 Å². The molecule has 0 aliphatic carbocycles. The van der Waals surface area contributed by atoms with E-state index in [1.165, 1.54) is 14.2 Å². The number of benzene rings is 1. The van der Waals surface area contributed by atoms with E-state index < -0.39 is 6.04 Å². The Morgan fingerprint density at radius 3 is 2.19 bits per heavy atom. The summed E-state index contributed by atoms with van der Waals surface area (Å²) in [5, 5.41) is 2.84. The number of nitrogens with zero attached hydrogens (tertiary/aromatic N) is 1. The van der Waals surface area contributed by atoms with E-state index in [0.717, 1.165) is 6.42 Å². The monoisotopic (exact) mass is 385 g/mol. The number of halogens is 1. The van der Waals surface area contributed by atoms with Crippen LogP contribution in [0.15, 0.2) is 18.2 Å². The van der Waals surface area contributed by atoms with Crippen LogP contribution in [-0.2, 0) is 4.79 Å². The molecule has 0 radical (unpaired) electrons. The minimum atomic E-state index is -0.602. The van der Waals surface area contributed by atoms with Gasteiger partial charge in [0.05, 0.1) is 14.2 Å². The first-order chi connectivity index (χ1) is 11.8. The van der Waals surface area contributed by atoms with Crippen molar-refractivity contribution in [3.05, 3.63) is 23.8 Å². The Bertz CT molecular complexity index is 617. The predicted octanol–water partition coefficient (Wildman–Crippen LogP) is 1.44. The second-order valence-corrected chi connectivity index (χ2v) is 6.63. The van der Waals surface area contributed by atoms with E-state index in [9.17, 15) is 9.59 Å². The zero-order chi connectivity index (χ0) is 18.6. The fourth-order valence-electron chi connectivity index (χ4n) is 2.86. The average molecular weight is 386 g/mol. The van der Waals surface area contributed by atoms with Crippen molar-refractivity contribution in [3.63, 3.8) is 0 Å². The van der Waals surface area contributed by atoms with E-state index in [-0.39, 0.29) is 36.2 Å². The summed E-state index contributed by atoms with van der Waals surface area (Å²) in [7, 11) is 3.04. The van der Waals surface area contributed by atoms with Gasteiger partial charge in [-0.3, -0.25) is 9.59 Å². The number of nitrogens with two attached hydrogens (primary N) is 1. The number of rotatable bonds is 6. The topological polar surface area (TPSA) is 93.9 Å². The van der Waals surface area contributed by atoms with Crippen molar-refractivity contribution in [2.45, 2.75) is 32.4 Å². The molecule has 2 rings (SSSR count). The zero-order valence-electron chi connectivity index (χ0n) is 15.7. The highest BCUT2D eigenvalue weighted by Gasteiger charge is 2.32. The van der Waals surface area contributed by atoms with Gasteiger partial charge >= 0.3 is 0 Å². The third-order valence-electron chi connectivity index (χ3n) is 4.37. The van der Waals surface area contributed by atoms with Crippen LogP contribution in [0.25, 0.3) is 0 Å². The van der Waals surface area contributed by atoms with Crippen molar-refractivity contribution in [2.75, 3.05) is 27.3 Å². The molecule has 1 aromatic carbocycles. The number of carbonyl (C=O) groups is 2. The maximum Gasteiger partial charge on any atom is 0.252 e. The van der Waals surface area contributed by atoms with Crippen molar-refractivity contribution in [3.8, 4) is 11.5 Å². The number of hydrogen-bond acceptors (Lipinski definition) is 5. The van der Waals surface area contributed by atoms with Crippen LogP contribution in [-0.4, -0.2) is 56.1 Å². The van der Waals surface area contributed by atoms with E-state index in [2.05, 4.69) is 5.32 Å². The molecule has 1 saturated heterocycles. The summed E-state index contributed by atoms with van der Waals surface area (Å²) >= 11 is 0. The Morgan fingerprint density at radius 1 is 1.19 bits per heavy atom. The van der Waals surface area contributed by atoms with Gasteiger partial charge in [-0.05, 0) is 24.5 Å². The molecule has 0 saturated carbocycles. The summed E-state index contributed by atoms with van der Waals surface area (Å²) in [4.78, 5) is 27.1. The molecule has 1 heterocycles. The van der Waals surface area contributed by atoms with Gasteiger partial charge in [-0.2, -0.15) is 0 Å². The predicted molar refractivity (Wildman–Crippen MR) is 102 cm³/mol. The summed E-state index contributed by atoms with van der Waals surface area (Å²) in [5.41, 5.74) is 6.27. The van der Waals surface area contributed by atoms with Crippen molar-refractivity contribution in [1.29, 1.82) is 0 Å². The Morgan fingerprint density at radius 2 is 1.77 bits per heavy atom. The minimum absolute atomic E-state index is 0. The molecule has 2 amide bonds. The largest absolute Gasteiger partial charge is 0.497 e. The molecule has 3 N–H and O–H groups in total. The van der Waals surface area contributed by atoms with Crippen LogP contribution >= 0.6 is 12.4 Å². The van der Waals surface area contributed by atoms with Gasteiger partial charge < -0.3 is 25.4 Å². The second kappa shape index (κ2) is 9.64. The lowest BCUT2D eigenvalue weighted by Crippen LogP contribution is -2.51. The Labute approximate surface area is 160 Å². The number of hydrogen-bond donors (Lipinski definition) is 2. The van der Waals surface area contributed by atoms with Crippen LogP contribution in [0.5, 0.6) is 11.5 Å². The van der Waals surface area contributed by atoms with Gasteiger partial charge in [-0.25, -0.2) is 0 Å². The molecular formula is C18H28ClN3O4. The minimum Gasteiger partial charge on any atom is -0.497 e. The number of likely N-dealkylation sites (tertiary alicyclic amines) is 1. The van der Waals surface area contributed by atoms with Crippen LogP contribution in [0, 0.1) is 5.92 Å². The molecule has 1 aliphatic rings. The van der Waals surface area contributed by atoms with Crippen LogP contribution in [0.3, 0.4) is 0 Å². The van der Waals surface area contributed by atoms with Crippen molar-refractivity contribution >= 4 is 24.2 Å². The molecule has 2 atom stereocenters. The number of amides is 2. The fourth-order valence-corrected chi connectivity index (χ4v) is 2.86. The molecule has 8 heteroatoms. The third kappa shape index (κ3) is 5.25. The summed E-state index contributed by atoms with van der Waals surface area (Å²) < 4.78 is 10.4. The molecule has 146 valence electrons. The van der Waals surface area contributed by atoms with Gasteiger partial charge in [0.25, 0.3) is 5.91 Å². The molecule has 0 aromatic heterocycles. The quantitative estimate of drug-likeness (QED) is 0.772. The molecule has 1 fully saturated rings. The Hall–Kier alpha value is -1.99. The van der Waals surface area contributed by atoms with Crippen LogP contribution in [0.4, 0.5) is 0 Å². The average Bonchev–Trinajstić information content (AvgIpc) is 3.04. The number of methoxy groups -OCH3 is 2. The van der Waals surface area contributed by atoms with Gasteiger partial charge in [0.2, 0.25) is 5.91 Å². The normalized spacial score (nSPS) is 17.5. The van der Waals surface area contributed by atoms with Gasteiger partial charge in [0.15, 0.2) is 0 Å². The SMILES string of the molecule is COc1cc(OC)cc(C(=O)NC(C(=O)N2CC[C@@H](N)C2)C(C)C)c1.Cl. The van der Waals surface area contributed by atoms with Gasteiger partial charge in [0, 0.05) is 30.8 Å². The van der Waals surface area contributed by atoms with Crippen LogP contribution in [0.2, 0.25) is 0 Å². The van der Waals surface area contributed by atoms with Crippen molar-refractivity contribution < 1.29 is 19.1 Å². The summed E-state index contributed by atoms with van der Waals surface area (Å²) in [6, 6.07) is 4.33. The van der Waals surface area contributed by atoms with Crippen molar-refractivity contribution in [2.24, 2.45) is 11.7 Å². The van der Waals surface area contributed by atoms with Gasteiger partial charge in [-0.15, -0.1) is 12.4 Å². The molecule has 7 nitrogen and oxygen atoms in total. The van der Waals surface area contributed by atoms with Crippen molar-refractivity contribution in [1.82, 2.24) is 10.2 Å². The molecule has 0 spiro atoms. The zero-order valence-corrected chi connectivity index (χ0v) is 16.5. The Balaban J connectivity index is 0.00000338. The lowest BCUT2D eigenvalue weighted by atomic mass is 10.0. The summed E-state index contributed by atoms with van der Waals surface area (Å²) in [6.45, 7) is 4.98. The van der Waals surface area contributed by atoms with Crippen LogP contribution in [0.1, 0.15) is 30.6 Å². The third-order valence-corrected chi connectivity index (χ3v) is 4.37. The van der Waals surface area contributed by atoms with E-state index in [1.54, 1.807) is 23.1 Å². The van der Waals surface area contributed by atoms with E-state index in [4.69, 9.17) is 15.2 Å². The first kappa shape index (κ1) is 22.1. The molecule has 1 aromatic rings. The second-order valence-electron chi connectivity index (χ2n) is 6.63. The lowest BCUT2D eigenvalue weighted by Gasteiger charge is -2.27. The molecule has 0 bridgehead atoms. The first-order valence-corrected chi connectivity index (χ1v) is 8.44. The maximum absolute atomic E-state index is 12.8. The first-order valence-electron chi connectivity index (χ1n) is 8.44. The number of carbonyl (C=O) groups excluding carboxylic acids is 2. The highest BCUT2D eigenvalue weighted by atomic mass is 35.5. The molecule has 1 aliphatic heterocycles. The smallest absolute Gasteiger partial charge is 0.252 e. The van der Waals surface area contributed by atoms with E-state index in [0.29, 0.717) is 30.2 Å². The molecule has 26 heavy (non-hydrogen) atoms. The number of ether oxygens (including phenoxy) is 2. The summed E-state index contributed by atoms with van der Waals surface area (Å²) in [6.07, 6.45) is 0.789.